The molecule has 0 spiro atoms. The molecule has 1 atom stereocenters. The monoisotopic (exact) mass is 333 g/mol. The van der Waals surface area contributed by atoms with E-state index in [2.05, 4.69) is 10.3 Å². The zero-order valence-corrected chi connectivity index (χ0v) is 14.3. The summed E-state index contributed by atoms with van der Waals surface area (Å²) in [5.74, 6) is 0. The molecule has 1 aromatic heterocycles. The predicted molar refractivity (Wildman–Crippen MR) is 92.4 cm³/mol. The van der Waals surface area contributed by atoms with Crippen LogP contribution in [0, 0.1) is 6.92 Å². The van der Waals surface area contributed by atoms with Crippen LogP contribution in [0.1, 0.15) is 35.5 Å². The van der Waals surface area contributed by atoms with Gasteiger partial charge in [0.2, 0.25) is 0 Å². The maximum Gasteiger partial charge on any atom is 0.318 e. The van der Waals surface area contributed by atoms with Gasteiger partial charge in [-0.1, -0.05) is 36.8 Å². The van der Waals surface area contributed by atoms with Crippen LogP contribution in [-0.2, 0) is 6.54 Å². The van der Waals surface area contributed by atoms with Crippen molar-refractivity contribution in [2.24, 2.45) is 0 Å². The summed E-state index contributed by atoms with van der Waals surface area (Å²) in [5.41, 5.74) is 2.28. The lowest BCUT2D eigenvalue weighted by Crippen LogP contribution is -2.42. The van der Waals surface area contributed by atoms with Crippen LogP contribution in [0.15, 0.2) is 35.8 Å². The maximum atomic E-state index is 12.5. The molecule has 2 amide bonds. The van der Waals surface area contributed by atoms with Crippen LogP contribution in [-0.4, -0.2) is 34.2 Å². The highest BCUT2D eigenvalue weighted by atomic mass is 32.1. The standard InChI is InChI=1S/C17H23N3O2S/c1-3-15(14-6-4-13(2)5-7-14)19-17(22)20(9-10-21)12-16-18-8-11-23-16/h4-8,11,15,21H,3,9-10,12H2,1-2H3,(H,19,22)/t15-/m1/s1. The molecule has 23 heavy (non-hydrogen) atoms. The third-order valence-corrected chi connectivity index (χ3v) is 4.42. The molecule has 2 rings (SSSR count). The molecular formula is C17H23N3O2S. The number of hydrogen-bond donors (Lipinski definition) is 2. The highest BCUT2D eigenvalue weighted by molar-refractivity contribution is 7.09. The van der Waals surface area contributed by atoms with Gasteiger partial charge in [-0.3, -0.25) is 0 Å². The summed E-state index contributed by atoms with van der Waals surface area (Å²) in [5, 5.41) is 15.0. The number of carbonyl (C=O) groups excluding carboxylic acids is 1. The Morgan fingerprint density at radius 2 is 2.13 bits per heavy atom. The van der Waals surface area contributed by atoms with Gasteiger partial charge in [-0.2, -0.15) is 0 Å². The fourth-order valence-corrected chi connectivity index (χ4v) is 2.96. The highest BCUT2D eigenvalue weighted by Gasteiger charge is 2.19. The predicted octanol–water partition coefficient (Wildman–Crippen LogP) is 3.11. The van der Waals surface area contributed by atoms with Gasteiger partial charge in [0.15, 0.2) is 0 Å². The number of benzene rings is 1. The van der Waals surface area contributed by atoms with E-state index >= 15 is 0 Å². The molecule has 0 aliphatic carbocycles. The number of rotatable bonds is 7. The number of amides is 2. The van der Waals surface area contributed by atoms with Crippen molar-refractivity contribution in [1.82, 2.24) is 15.2 Å². The molecule has 0 radical (unpaired) electrons. The normalized spacial score (nSPS) is 12.0. The zero-order chi connectivity index (χ0) is 16.7. The topological polar surface area (TPSA) is 65.5 Å². The largest absolute Gasteiger partial charge is 0.395 e. The van der Waals surface area contributed by atoms with Crippen molar-refractivity contribution in [3.05, 3.63) is 52.0 Å². The van der Waals surface area contributed by atoms with E-state index in [1.54, 1.807) is 11.1 Å². The molecular weight excluding hydrogens is 310 g/mol. The summed E-state index contributed by atoms with van der Waals surface area (Å²) in [6, 6.07) is 7.96. The maximum absolute atomic E-state index is 12.5. The lowest BCUT2D eigenvalue weighted by molar-refractivity contribution is 0.170. The number of nitrogens with one attached hydrogen (secondary N) is 1. The molecule has 1 heterocycles. The van der Waals surface area contributed by atoms with E-state index in [1.807, 2.05) is 43.5 Å². The van der Waals surface area contributed by atoms with Gasteiger partial charge < -0.3 is 15.3 Å². The van der Waals surface area contributed by atoms with Crippen LogP contribution in [0.5, 0.6) is 0 Å². The lowest BCUT2D eigenvalue weighted by atomic mass is 10.0. The average molecular weight is 333 g/mol. The molecule has 0 saturated heterocycles. The number of thiazole rings is 1. The lowest BCUT2D eigenvalue weighted by Gasteiger charge is -2.25. The smallest absolute Gasteiger partial charge is 0.318 e. The van der Waals surface area contributed by atoms with Crippen LogP contribution >= 0.6 is 11.3 Å². The van der Waals surface area contributed by atoms with Crippen molar-refractivity contribution >= 4 is 17.4 Å². The van der Waals surface area contributed by atoms with Crippen molar-refractivity contribution in [3.63, 3.8) is 0 Å². The first-order chi connectivity index (χ1) is 11.1. The van der Waals surface area contributed by atoms with Crippen LogP contribution < -0.4 is 5.32 Å². The molecule has 0 bridgehead atoms. The number of hydrogen-bond acceptors (Lipinski definition) is 4. The van der Waals surface area contributed by atoms with E-state index in [1.165, 1.54) is 16.9 Å². The molecule has 6 heteroatoms. The van der Waals surface area contributed by atoms with Crippen molar-refractivity contribution in [1.29, 1.82) is 0 Å². The highest BCUT2D eigenvalue weighted by Crippen LogP contribution is 2.18. The van der Waals surface area contributed by atoms with Crippen LogP contribution in [0.3, 0.4) is 0 Å². The third-order valence-electron chi connectivity index (χ3n) is 3.65. The van der Waals surface area contributed by atoms with Gasteiger partial charge in [-0.15, -0.1) is 11.3 Å². The summed E-state index contributed by atoms with van der Waals surface area (Å²) in [6.07, 6.45) is 2.52. The van der Waals surface area contributed by atoms with Gasteiger partial charge in [-0.25, -0.2) is 9.78 Å². The molecule has 5 nitrogen and oxygen atoms in total. The number of aliphatic hydroxyl groups excluding tert-OH is 1. The number of aromatic nitrogens is 1. The summed E-state index contributed by atoms with van der Waals surface area (Å²) < 4.78 is 0. The third kappa shape index (κ3) is 5.04. The number of carbonyl (C=O) groups is 1. The van der Waals surface area contributed by atoms with Crippen molar-refractivity contribution in [3.8, 4) is 0 Å². The fraction of sp³-hybridized carbons (Fsp3) is 0.412. The first-order valence-corrected chi connectivity index (χ1v) is 8.63. The van der Waals surface area contributed by atoms with Crippen molar-refractivity contribution in [2.75, 3.05) is 13.2 Å². The SMILES string of the molecule is CC[C@@H](NC(=O)N(CCO)Cc1nccs1)c1ccc(C)cc1. The average Bonchev–Trinajstić information content (AvgIpc) is 3.06. The molecule has 2 aromatic rings. The van der Waals surface area contributed by atoms with Crippen LogP contribution in [0.25, 0.3) is 0 Å². The minimum absolute atomic E-state index is 0.0411. The summed E-state index contributed by atoms with van der Waals surface area (Å²) in [7, 11) is 0. The second-order valence-electron chi connectivity index (χ2n) is 5.39. The van der Waals surface area contributed by atoms with Crippen molar-refractivity contribution < 1.29 is 9.90 Å². The molecule has 0 saturated carbocycles. The Balaban J connectivity index is 2.04. The minimum Gasteiger partial charge on any atom is -0.395 e. The second-order valence-corrected chi connectivity index (χ2v) is 6.37. The van der Waals surface area contributed by atoms with Crippen LogP contribution in [0.2, 0.25) is 0 Å². The van der Waals surface area contributed by atoms with Gasteiger partial charge in [0.05, 0.1) is 19.2 Å². The van der Waals surface area contributed by atoms with E-state index < -0.39 is 0 Å². The number of urea groups is 1. The van der Waals surface area contributed by atoms with Gasteiger partial charge in [0.1, 0.15) is 5.01 Å². The Kier molecular flexibility index (Phi) is 6.55. The summed E-state index contributed by atoms with van der Waals surface area (Å²) >= 11 is 1.50. The van der Waals surface area contributed by atoms with E-state index in [4.69, 9.17) is 0 Å². The first kappa shape index (κ1) is 17.4. The molecule has 0 aliphatic heterocycles. The van der Waals surface area contributed by atoms with Gasteiger partial charge in [0, 0.05) is 18.1 Å². The quantitative estimate of drug-likeness (QED) is 0.818. The zero-order valence-electron chi connectivity index (χ0n) is 13.5. The van der Waals surface area contributed by atoms with Crippen LogP contribution in [0.4, 0.5) is 4.79 Å². The fourth-order valence-electron chi connectivity index (χ4n) is 2.33. The molecule has 0 fully saturated rings. The van der Waals surface area contributed by atoms with Crippen molar-refractivity contribution in [2.45, 2.75) is 32.9 Å². The van der Waals surface area contributed by atoms with Gasteiger partial charge >= 0.3 is 6.03 Å². The van der Waals surface area contributed by atoms with E-state index in [0.717, 1.165) is 17.0 Å². The second kappa shape index (κ2) is 8.64. The summed E-state index contributed by atoms with van der Waals surface area (Å²) in [6.45, 7) is 4.71. The molecule has 1 aromatic carbocycles. The number of aryl methyl sites for hydroxylation is 1. The van der Waals surface area contributed by atoms with Gasteiger partial charge in [-0.05, 0) is 18.9 Å². The molecule has 0 unspecified atom stereocenters. The molecule has 124 valence electrons. The minimum atomic E-state index is -0.179. The Hall–Kier alpha value is -1.92. The number of nitrogens with zero attached hydrogens (tertiary/aromatic N) is 2. The van der Waals surface area contributed by atoms with E-state index in [-0.39, 0.29) is 25.2 Å². The molecule has 0 aliphatic rings. The molecule has 2 N–H and O–H groups in total. The van der Waals surface area contributed by atoms with E-state index in [9.17, 15) is 9.90 Å². The Labute approximate surface area is 141 Å². The Morgan fingerprint density at radius 1 is 1.39 bits per heavy atom. The first-order valence-electron chi connectivity index (χ1n) is 7.75. The Bertz CT molecular complexity index is 599. The van der Waals surface area contributed by atoms with E-state index in [0.29, 0.717) is 6.54 Å². The Morgan fingerprint density at radius 3 is 2.70 bits per heavy atom. The summed E-state index contributed by atoms with van der Waals surface area (Å²) in [4.78, 5) is 18.3. The van der Waals surface area contributed by atoms with Gasteiger partial charge in [0.25, 0.3) is 0 Å². The number of aliphatic hydroxyl groups is 1.